The molecule has 3 rings (SSSR count). The van der Waals surface area contributed by atoms with Crippen LogP contribution < -0.4 is 10.2 Å². The number of anilines is 2. The van der Waals surface area contributed by atoms with Gasteiger partial charge in [0.15, 0.2) is 11.0 Å². The number of nitrogens with one attached hydrogen (secondary N) is 1. The number of benzene rings is 1. The molecule has 0 amide bonds. The minimum absolute atomic E-state index is 0.0872. The molecule has 1 unspecified atom stereocenters. The third-order valence-electron chi connectivity index (χ3n) is 3.71. The average Bonchev–Trinajstić information content (AvgIpc) is 2.57. The molecule has 2 aromatic rings. The lowest BCUT2D eigenvalue weighted by Crippen LogP contribution is -2.39. The topological polar surface area (TPSA) is 50.3 Å². The molecule has 1 aromatic carbocycles. The lowest BCUT2D eigenvalue weighted by atomic mass is 10.1. The number of morpholine rings is 1. The molecule has 122 valence electrons. The first-order chi connectivity index (χ1) is 11.1. The van der Waals surface area contributed by atoms with Crippen molar-refractivity contribution < 1.29 is 9.13 Å². The van der Waals surface area contributed by atoms with Gasteiger partial charge in [-0.15, -0.1) is 0 Å². The van der Waals surface area contributed by atoms with Gasteiger partial charge in [-0.3, -0.25) is 0 Å². The average molecular weight is 357 g/mol. The Morgan fingerprint density at radius 1 is 1.35 bits per heavy atom. The summed E-state index contributed by atoms with van der Waals surface area (Å²) in [5.41, 5.74) is 1.50. The molecule has 0 bridgehead atoms. The third-order valence-corrected chi connectivity index (χ3v) is 4.29. The Hall–Kier alpha value is -1.63. The minimum atomic E-state index is -0.442. The summed E-state index contributed by atoms with van der Waals surface area (Å²) in [5.74, 6) is 0.275. The summed E-state index contributed by atoms with van der Waals surface area (Å²) in [6.07, 6.45) is 1.21. The number of hydrogen-bond acceptors (Lipinski definition) is 5. The van der Waals surface area contributed by atoms with Crippen molar-refractivity contribution in [3.05, 3.63) is 46.1 Å². The van der Waals surface area contributed by atoms with E-state index < -0.39 is 5.82 Å². The van der Waals surface area contributed by atoms with E-state index in [2.05, 4.69) is 20.2 Å². The van der Waals surface area contributed by atoms with Crippen LogP contribution >= 0.6 is 23.2 Å². The first-order valence-corrected chi connectivity index (χ1v) is 7.85. The zero-order chi connectivity index (χ0) is 16.4. The largest absolute Gasteiger partial charge is 0.383 e. The second-order valence-corrected chi connectivity index (χ2v) is 5.86. The van der Waals surface area contributed by atoms with Crippen molar-refractivity contribution >= 4 is 34.7 Å². The van der Waals surface area contributed by atoms with Crippen LogP contribution in [0.1, 0.15) is 11.7 Å². The molecule has 8 heteroatoms. The van der Waals surface area contributed by atoms with E-state index in [0.717, 1.165) is 5.56 Å². The van der Waals surface area contributed by atoms with E-state index in [-0.39, 0.29) is 11.1 Å². The van der Waals surface area contributed by atoms with Gasteiger partial charge < -0.3 is 15.0 Å². The predicted octanol–water partition coefficient (Wildman–Crippen LogP) is 3.54. The lowest BCUT2D eigenvalue weighted by Gasteiger charge is -2.34. The number of nitrogens with zero attached hydrogens (tertiary/aromatic N) is 3. The summed E-state index contributed by atoms with van der Waals surface area (Å²) in [5, 5.41) is 3.48. The van der Waals surface area contributed by atoms with Gasteiger partial charge in [0, 0.05) is 20.1 Å². The standard InChI is InChI=1S/C15H15Cl2FN4O/c1-19-13-14(17)20-8-21-15(13)22-4-5-23-12(7-22)9-2-3-11(18)10(16)6-9/h2-3,6,8,12,19H,4-5,7H2,1H3. The van der Waals surface area contributed by atoms with Gasteiger partial charge in [0.1, 0.15) is 23.9 Å². The van der Waals surface area contributed by atoms with E-state index in [1.165, 1.54) is 12.4 Å². The molecule has 1 atom stereocenters. The van der Waals surface area contributed by atoms with Crippen LogP contribution in [0.5, 0.6) is 0 Å². The summed E-state index contributed by atoms with van der Waals surface area (Å²) < 4.78 is 19.1. The van der Waals surface area contributed by atoms with Gasteiger partial charge >= 0.3 is 0 Å². The molecule has 5 nitrogen and oxygen atoms in total. The number of hydrogen-bond donors (Lipinski definition) is 1. The highest BCUT2D eigenvalue weighted by Gasteiger charge is 2.26. The van der Waals surface area contributed by atoms with E-state index in [9.17, 15) is 4.39 Å². The Bertz CT molecular complexity index is 716. The Morgan fingerprint density at radius 2 is 2.17 bits per heavy atom. The molecule has 1 fully saturated rings. The molecule has 1 saturated heterocycles. The smallest absolute Gasteiger partial charge is 0.157 e. The van der Waals surface area contributed by atoms with Crippen LogP contribution in [0.2, 0.25) is 10.2 Å². The van der Waals surface area contributed by atoms with Crippen molar-refractivity contribution in [1.29, 1.82) is 0 Å². The number of rotatable bonds is 3. The van der Waals surface area contributed by atoms with Crippen LogP contribution in [0.3, 0.4) is 0 Å². The molecule has 1 aliphatic heterocycles. The van der Waals surface area contributed by atoms with Gasteiger partial charge in [0.25, 0.3) is 0 Å². The normalized spacial score (nSPS) is 18.1. The van der Waals surface area contributed by atoms with Crippen LogP contribution in [0.15, 0.2) is 24.5 Å². The molecule has 23 heavy (non-hydrogen) atoms. The van der Waals surface area contributed by atoms with E-state index in [4.69, 9.17) is 27.9 Å². The van der Waals surface area contributed by atoms with Crippen molar-refractivity contribution in [2.45, 2.75) is 6.10 Å². The molecule has 2 heterocycles. The fraction of sp³-hybridized carbons (Fsp3) is 0.333. The molecule has 0 spiro atoms. The second-order valence-electron chi connectivity index (χ2n) is 5.09. The number of aromatic nitrogens is 2. The van der Waals surface area contributed by atoms with Gasteiger partial charge in [-0.1, -0.05) is 29.3 Å². The molecule has 0 aliphatic carbocycles. The van der Waals surface area contributed by atoms with E-state index in [1.807, 2.05) is 0 Å². The van der Waals surface area contributed by atoms with Crippen LogP contribution in [0, 0.1) is 5.82 Å². The van der Waals surface area contributed by atoms with Gasteiger partial charge in [0.05, 0.1) is 11.6 Å². The van der Waals surface area contributed by atoms with Crippen molar-refractivity contribution in [3.63, 3.8) is 0 Å². The van der Waals surface area contributed by atoms with Crippen molar-refractivity contribution in [2.24, 2.45) is 0 Å². The Balaban J connectivity index is 1.86. The fourth-order valence-corrected chi connectivity index (χ4v) is 2.98. The van der Waals surface area contributed by atoms with E-state index in [1.54, 1.807) is 19.2 Å². The van der Waals surface area contributed by atoms with Crippen molar-refractivity contribution in [2.75, 3.05) is 37.0 Å². The van der Waals surface area contributed by atoms with Crippen LogP contribution in [0.25, 0.3) is 0 Å². The maximum Gasteiger partial charge on any atom is 0.157 e. The summed E-state index contributed by atoms with van der Waals surface area (Å²) in [4.78, 5) is 10.4. The highest BCUT2D eigenvalue weighted by Crippen LogP contribution is 2.33. The van der Waals surface area contributed by atoms with Crippen LogP contribution in [-0.2, 0) is 4.74 Å². The van der Waals surface area contributed by atoms with Crippen molar-refractivity contribution in [1.82, 2.24) is 9.97 Å². The monoisotopic (exact) mass is 356 g/mol. The fourth-order valence-electron chi connectivity index (χ4n) is 2.57. The van der Waals surface area contributed by atoms with Crippen LogP contribution in [0.4, 0.5) is 15.9 Å². The molecule has 0 radical (unpaired) electrons. The Kier molecular flexibility index (Phi) is 4.84. The summed E-state index contributed by atoms with van der Waals surface area (Å²) >= 11 is 12.0. The Morgan fingerprint density at radius 3 is 2.91 bits per heavy atom. The highest BCUT2D eigenvalue weighted by atomic mass is 35.5. The van der Waals surface area contributed by atoms with Crippen molar-refractivity contribution in [3.8, 4) is 0 Å². The maximum absolute atomic E-state index is 13.3. The minimum Gasteiger partial charge on any atom is -0.383 e. The zero-order valence-corrected chi connectivity index (χ0v) is 13.9. The van der Waals surface area contributed by atoms with Gasteiger partial charge in [-0.05, 0) is 17.7 Å². The van der Waals surface area contributed by atoms with Gasteiger partial charge in [0.2, 0.25) is 0 Å². The summed E-state index contributed by atoms with van der Waals surface area (Å²) in [6, 6.07) is 4.62. The maximum atomic E-state index is 13.3. The molecular formula is C15H15Cl2FN4O. The second kappa shape index (κ2) is 6.86. The lowest BCUT2D eigenvalue weighted by molar-refractivity contribution is 0.0395. The molecule has 1 N–H and O–H groups in total. The van der Waals surface area contributed by atoms with E-state index >= 15 is 0 Å². The molecule has 0 saturated carbocycles. The van der Waals surface area contributed by atoms with Gasteiger partial charge in [-0.2, -0.15) is 0 Å². The third kappa shape index (κ3) is 3.34. The Labute approximate surface area is 143 Å². The van der Waals surface area contributed by atoms with Crippen LogP contribution in [-0.4, -0.2) is 36.7 Å². The van der Waals surface area contributed by atoms with Gasteiger partial charge in [-0.25, -0.2) is 14.4 Å². The summed E-state index contributed by atoms with van der Waals surface area (Å²) in [7, 11) is 1.77. The summed E-state index contributed by atoms with van der Waals surface area (Å²) in [6.45, 7) is 1.75. The SMILES string of the molecule is CNc1c(Cl)ncnc1N1CCOC(c2ccc(F)c(Cl)c2)C1. The molecular weight excluding hydrogens is 342 g/mol. The number of halogens is 3. The zero-order valence-electron chi connectivity index (χ0n) is 12.4. The first-order valence-electron chi connectivity index (χ1n) is 7.10. The molecule has 1 aliphatic rings. The highest BCUT2D eigenvalue weighted by molar-refractivity contribution is 6.32. The first kappa shape index (κ1) is 16.2. The molecule has 1 aromatic heterocycles. The quantitative estimate of drug-likeness (QED) is 0.852. The van der Waals surface area contributed by atoms with E-state index in [0.29, 0.717) is 36.4 Å². The predicted molar refractivity (Wildman–Crippen MR) is 88.9 cm³/mol. The number of ether oxygens (including phenoxy) is 1.